The van der Waals surface area contributed by atoms with E-state index in [0.717, 1.165) is 16.1 Å². The van der Waals surface area contributed by atoms with Crippen molar-refractivity contribution in [2.75, 3.05) is 11.4 Å². The van der Waals surface area contributed by atoms with Crippen molar-refractivity contribution in [2.24, 2.45) is 0 Å². The molecule has 5 nitrogen and oxygen atoms in total. The van der Waals surface area contributed by atoms with E-state index in [-0.39, 0.29) is 11.8 Å². The van der Waals surface area contributed by atoms with Gasteiger partial charge in [-0.05, 0) is 42.1 Å². The molecule has 1 aliphatic heterocycles. The summed E-state index contributed by atoms with van der Waals surface area (Å²) >= 11 is 7.61. The molecule has 1 aromatic carbocycles. The van der Waals surface area contributed by atoms with E-state index in [9.17, 15) is 4.79 Å². The molecule has 1 aliphatic rings. The Morgan fingerprint density at radius 2 is 2.25 bits per heavy atom. The fraction of sp³-hybridized carbons (Fsp3) is 0.235. The summed E-state index contributed by atoms with van der Waals surface area (Å²) in [7, 11) is 0. The van der Waals surface area contributed by atoms with Crippen LogP contribution in [0.3, 0.4) is 0 Å². The highest BCUT2D eigenvalue weighted by Gasteiger charge is 2.34. The molecule has 24 heavy (non-hydrogen) atoms. The van der Waals surface area contributed by atoms with Gasteiger partial charge in [0.15, 0.2) is 5.82 Å². The van der Waals surface area contributed by atoms with Crippen LogP contribution in [0.15, 0.2) is 40.2 Å². The van der Waals surface area contributed by atoms with E-state index in [1.807, 2.05) is 42.6 Å². The lowest BCUT2D eigenvalue weighted by atomic mass is 10.1. The van der Waals surface area contributed by atoms with E-state index in [2.05, 4.69) is 10.1 Å². The molecule has 3 heterocycles. The van der Waals surface area contributed by atoms with Gasteiger partial charge in [0.05, 0.1) is 4.88 Å². The third-order valence-electron chi connectivity index (χ3n) is 4.12. The highest BCUT2D eigenvalue weighted by atomic mass is 35.5. The van der Waals surface area contributed by atoms with Crippen LogP contribution in [0.4, 0.5) is 5.69 Å². The maximum Gasteiger partial charge on any atom is 0.267 e. The summed E-state index contributed by atoms with van der Waals surface area (Å²) in [5.41, 5.74) is 1.80. The number of anilines is 1. The van der Waals surface area contributed by atoms with Crippen LogP contribution in [0.5, 0.6) is 0 Å². The predicted molar refractivity (Wildman–Crippen MR) is 93.5 cm³/mol. The molecule has 0 N–H and O–H groups in total. The second kappa shape index (κ2) is 6.03. The third-order valence-corrected chi connectivity index (χ3v) is 5.40. The number of aryl methyl sites for hydroxylation is 1. The van der Waals surface area contributed by atoms with Gasteiger partial charge in [0.1, 0.15) is 0 Å². The van der Waals surface area contributed by atoms with Gasteiger partial charge in [0.25, 0.3) is 5.89 Å². The third kappa shape index (κ3) is 2.72. The summed E-state index contributed by atoms with van der Waals surface area (Å²) in [6.45, 7) is 2.47. The van der Waals surface area contributed by atoms with Crippen LogP contribution in [0.25, 0.3) is 10.8 Å². The smallest absolute Gasteiger partial charge is 0.267 e. The molecule has 1 fully saturated rings. The van der Waals surface area contributed by atoms with Gasteiger partial charge in [-0.1, -0.05) is 22.8 Å². The van der Waals surface area contributed by atoms with Gasteiger partial charge in [-0.3, -0.25) is 4.79 Å². The molecular formula is C17H14ClN3O2S. The van der Waals surface area contributed by atoms with Gasteiger partial charge in [-0.25, -0.2) is 0 Å². The fourth-order valence-electron chi connectivity index (χ4n) is 2.83. The number of hydrogen-bond donors (Lipinski definition) is 0. The Morgan fingerprint density at radius 3 is 3.00 bits per heavy atom. The number of benzene rings is 1. The highest BCUT2D eigenvalue weighted by molar-refractivity contribution is 7.13. The second-order valence-corrected chi connectivity index (χ2v) is 7.13. The van der Waals surface area contributed by atoms with Crippen LogP contribution < -0.4 is 4.90 Å². The van der Waals surface area contributed by atoms with E-state index in [4.69, 9.17) is 16.1 Å². The molecule has 122 valence electrons. The molecule has 7 heteroatoms. The molecule has 1 saturated heterocycles. The maximum absolute atomic E-state index is 12.4. The maximum atomic E-state index is 12.4. The van der Waals surface area contributed by atoms with Crippen LogP contribution >= 0.6 is 22.9 Å². The average Bonchev–Trinajstić information content (AvgIpc) is 3.28. The number of aromatic nitrogens is 2. The molecule has 1 amide bonds. The minimum absolute atomic E-state index is 0.0594. The Kier molecular flexibility index (Phi) is 3.86. The monoisotopic (exact) mass is 359 g/mol. The number of hydrogen-bond acceptors (Lipinski definition) is 5. The molecule has 1 unspecified atom stereocenters. The quantitative estimate of drug-likeness (QED) is 0.700. The Labute approximate surface area is 147 Å². The molecule has 0 radical (unpaired) electrons. The van der Waals surface area contributed by atoms with Gasteiger partial charge in [0, 0.05) is 29.6 Å². The molecule has 0 aliphatic carbocycles. The Balaban J connectivity index is 1.56. The molecular weight excluding hydrogens is 346 g/mol. The van der Waals surface area contributed by atoms with Crippen molar-refractivity contribution in [1.82, 2.24) is 10.1 Å². The van der Waals surface area contributed by atoms with Gasteiger partial charge in [-0.2, -0.15) is 4.98 Å². The van der Waals surface area contributed by atoms with E-state index in [0.29, 0.717) is 29.7 Å². The molecule has 2 aromatic heterocycles. The number of amides is 1. The predicted octanol–water partition coefficient (Wildman–Crippen LogP) is 4.28. The van der Waals surface area contributed by atoms with Crippen LogP contribution in [0.2, 0.25) is 5.02 Å². The normalized spacial score (nSPS) is 17.7. The topological polar surface area (TPSA) is 59.2 Å². The van der Waals surface area contributed by atoms with E-state index >= 15 is 0 Å². The zero-order valence-corrected chi connectivity index (χ0v) is 14.5. The average molecular weight is 360 g/mol. The van der Waals surface area contributed by atoms with Crippen molar-refractivity contribution < 1.29 is 9.32 Å². The van der Waals surface area contributed by atoms with Gasteiger partial charge < -0.3 is 9.42 Å². The Hall–Kier alpha value is -2.18. The summed E-state index contributed by atoms with van der Waals surface area (Å²) in [4.78, 5) is 19.6. The number of carbonyl (C=O) groups is 1. The first kappa shape index (κ1) is 15.4. The molecule has 1 atom stereocenters. The van der Waals surface area contributed by atoms with Gasteiger partial charge in [0.2, 0.25) is 5.91 Å². The lowest BCUT2D eigenvalue weighted by molar-refractivity contribution is -0.117. The lowest BCUT2D eigenvalue weighted by Gasteiger charge is -2.17. The number of nitrogens with zero attached hydrogens (tertiary/aromatic N) is 3. The summed E-state index contributed by atoms with van der Waals surface area (Å²) < 4.78 is 5.33. The molecule has 3 aromatic rings. The summed E-state index contributed by atoms with van der Waals surface area (Å²) in [6, 6.07) is 9.48. The number of halogens is 1. The van der Waals surface area contributed by atoms with Crippen LogP contribution in [0, 0.1) is 6.92 Å². The van der Waals surface area contributed by atoms with E-state index < -0.39 is 0 Å². The highest BCUT2D eigenvalue weighted by Crippen LogP contribution is 2.33. The molecule has 0 saturated carbocycles. The summed E-state index contributed by atoms with van der Waals surface area (Å²) in [5, 5.41) is 6.73. The summed E-state index contributed by atoms with van der Waals surface area (Å²) in [6.07, 6.45) is 0.380. The first-order valence-electron chi connectivity index (χ1n) is 7.56. The van der Waals surface area contributed by atoms with Gasteiger partial charge >= 0.3 is 0 Å². The minimum Gasteiger partial charge on any atom is -0.333 e. The zero-order chi connectivity index (χ0) is 16.7. The van der Waals surface area contributed by atoms with Crippen molar-refractivity contribution in [3.63, 3.8) is 0 Å². The minimum atomic E-state index is -0.0639. The van der Waals surface area contributed by atoms with Crippen molar-refractivity contribution in [2.45, 2.75) is 19.3 Å². The Bertz CT molecular complexity index is 891. The van der Waals surface area contributed by atoms with E-state index in [1.165, 1.54) is 0 Å². The van der Waals surface area contributed by atoms with E-state index in [1.54, 1.807) is 16.2 Å². The molecule has 0 bridgehead atoms. The first-order chi connectivity index (χ1) is 11.6. The van der Waals surface area contributed by atoms with Crippen molar-refractivity contribution >= 4 is 34.5 Å². The standard InChI is InChI=1S/C17H14ClN3O2S/c1-10-7-12(4-5-13(10)18)21-9-11(8-15(21)22)16-19-17(23-20-16)14-3-2-6-24-14/h2-7,11H,8-9H2,1H3. The van der Waals surface area contributed by atoms with Crippen LogP contribution in [0.1, 0.15) is 23.7 Å². The first-order valence-corrected chi connectivity index (χ1v) is 8.81. The largest absolute Gasteiger partial charge is 0.333 e. The number of thiophene rings is 1. The number of carbonyl (C=O) groups excluding carboxylic acids is 1. The van der Waals surface area contributed by atoms with Crippen molar-refractivity contribution in [1.29, 1.82) is 0 Å². The SMILES string of the molecule is Cc1cc(N2CC(c3noc(-c4cccs4)n3)CC2=O)ccc1Cl. The molecule has 4 rings (SSSR count). The second-order valence-electron chi connectivity index (χ2n) is 5.77. The van der Waals surface area contributed by atoms with Crippen molar-refractivity contribution in [3.05, 3.63) is 52.1 Å². The Morgan fingerprint density at radius 1 is 1.38 bits per heavy atom. The fourth-order valence-corrected chi connectivity index (χ4v) is 3.59. The van der Waals surface area contributed by atoms with Gasteiger partial charge in [-0.15, -0.1) is 11.3 Å². The van der Waals surface area contributed by atoms with Crippen LogP contribution in [-0.4, -0.2) is 22.6 Å². The zero-order valence-electron chi connectivity index (χ0n) is 12.9. The summed E-state index contributed by atoms with van der Waals surface area (Å²) in [5.74, 6) is 1.09. The lowest BCUT2D eigenvalue weighted by Crippen LogP contribution is -2.24. The van der Waals surface area contributed by atoms with Crippen LogP contribution in [-0.2, 0) is 4.79 Å². The number of rotatable bonds is 3. The molecule has 0 spiro atoms. The van der Waals surface area contributed by atoms with Crippen molar-refractivity contribution in [3.8, 4) is 10.8 Å².